The number of nitro benzene ring substituents is 1. The zero-order chi connectivity index (χ0) is 19.6. The first-order valence-corrected chi connectivity index (χ1v) is 8.83. The first-order chi connectivity index (χ1) is 12.9. The molecule has 8 nitrogen and oxygen atoms in total. The van der Waals surface area contributed by atoms with Gasteiger partial charge in [-0.25, -0.2) is 4.79 Å². The van der Waals surface area contributed by atoms with Crippen LogP contribution in [0.5, 0.6) is 0 Å². The number of non-ortho nitro benzene ring substituents is 1. The van der Waals surface area contributed by atoms with Crippen molar-refractivity contribution in [3.63, 3.8) is 0 Å². The largest absolute Gasteiger partial charge is 0.478 e. The van der Waals surface area contributed by atoms with Crippen molar-refractivity contribution in [2.24, 2.45) is 0 Å². The van der Waals surface area contributed by atoms with Crippen LogP contribution in [0.1, 0.15) is 44.6 Å². The Balaban J connectivity index is 2.06. The van der Waals surface area contributed by atoms with Crippen molar-refractivity contribution in [1.29, 1.82) is 0 Å². The van der Waals surface area contributed by atoms with Gasteiger partial charge >= 0.3 is 5.97 Å². The molecule has 1 aromatic carbocycles. The van der Waals surface area contributed by atoms with Crippen LogP contribution in [0.3, 0.4) is 0 Å². The van der Waals surface area contributed by atoms with E-state index in [1.54, 1.807) is 26.0 Å². The fourth-order valence-electron chi connectivity index (χ4n) is 3.50. The van der Waals surface area contributed by atoms with E-state index in [1.165, 1.54) is 12.1 Å². The van der Waals surface area contributed by atoms with Crippen LogP contribution < -0.4 is 5.32 Å². The number of nitrogens with one attached hydrogen (secondary N) is 1. The molecule has 2 aliphatic rings. The van der Waals surface area contributed by atoms with Gasteiger partial charge in [-0.2, -0.15) is 0 Å². The third-order valence-electron chi connectivity index (χ3n) is 4.74. The summed E-state index contributed by atoms with van der Waals surface area (Å²) in [5.41, 5.74) is 1.65. The van der Waals surface area contributed by atoms with Gasteiger partial charge in [-0.1, -0.05) is 12.1 Å². The maximum atomic E-state index is 12.0. The summed E-state index contributed by atoms with van der Waals surface area (Å²) in [6.07, 6.45) is 2.18. The highest BCUT2D eigenvalue weighted by Gasteiger charge is 2.36. The maximum absolute atomic E-state index is 12.0. The second-order valence-corrected chi connectivity index (χ2v) is 6.66. The van der Waals surface area contributed by atoms with E-state index in [2.05, 4.69) is 5.32 Å². The van der Waals surface area contributed by atoms with Crippen molar-refractivity contribution in [2.45, 2.75) is 45.3 Å². The summed E-state index contributed by atoms with van der Waals surface area (Å²) in [5, 5.41) is 24.0. The lowest BCUT2D eigenvalue weighted by Gasteiger charge is -2.33. The number of carboxylic acid groups (broad SMARTS) is 1. The summed E-state index contributed by atoms with van der Waals surface area (Å²) in [7, 11) is 0. The molecule has 0 amide bonds. The summed E-state index contributed by atoms with van der Waals surface area (Å²) in [5.74, 6) is -1.44. The Morgan fingerprint density at radius 3 is 2.74 bits per heavy atom. The predicted octanol–water partition coefficient (Wildman–Crippen LogP) is 3.41. The number of allylic oxidation sites excluding steroid dienone is 3. The zero-order valence-electron chi connectivity index (χ0n) is 15.2. The van der Waals surface area contributed by atoms with Crippen LogP contribution >= 0.6 is 0 Å². The van der Waals surface area contributed by atoms with Gasteiger partial charge in [0.25, 0.3) is 5.69 Å². The first kappa shape index (κ1) is 18.9. The molecule has 8 heteroatoms. The Hall–Kier alpha value is -2.87. The summed E-state index contributed by atoms with van der Waals surface area (Å²) in [4.78, 5) is 22.7. The van der Waals surface area contributed by atoms with Crippen molar-refractivity contribution in [3.05, 3.63) is 62.7 Å². The van der Waals surface area contributed by atoms with E-state index in [-0.39, 0.29) is 11.3 Å². The summed E-state index contributed by atoms with van der Waals surface area (Å²) in [6.45, 7) is 4.06. The average Bonchev–Trinajstić information content (AvgIpc) is 2.64. The Morgan fingerprint density at radius 1 is 1.33 bits per heavy atom. The SMILES string of the molecule is CC1=C(OC2CCCCO2)[C@@H](c2cccc([N+](=O)[O-])c2)C(C(=O)O)=C(C)N1. The third kappa shape index (κ3) is 3.95. The lowest BCUT2D eigenvalue weighted by atomic mass is 9.85. The van der Waals surface area contributed by atoms with Crippen LogP contribution in [0, 0.1) is 10.1 Å². The third-order valence-corrected chi connectivity index (χ3v) is 4.74. The molecular weight excluding hydrogens is 352 g/mol. The Kier molecular flexibility index (Phi) is 5.46. The second kappa shape index (κ2) is 7.79. The van der Waals surface area contributed by atoms with E-state index >= 15 is 0 Å². The number of dihydropyridines is 1. The minimum absolute atomic E-state index is 0.0978. The number of rotatable bonds is 5. The summed E-state index contributed by atoms with van der Waals surface area (Å²) < 4.78 is 11.7. The molecule has 144 valence electrons. The van der Waals surface area contributed by atoms with Crippen LogP contribution in [0.25, 0.3) is 0 Å². The number of hydrogen-bond acceptors (Lipinski definition) is 6. The number of nitrogens with zero attached hydrogens (tertiary/aromatic N) is 1. The first-order valence-electron chi connectivity index (χ1n) is 8.83. The molecule has 2 aliphatic heterocycles. The zero-order valence-corrected chi connectivity index (χ0v) is 15.2. The smallest absolute Gasteiger partial charge is 0.334 e. The molecule has 0 bridgehead atoms. The fraction of sp³-hybridized carbons (Fsp3) is 0.421. The molecule has 2 atom stereocenters. The number of ether oxygens (including phenoxy) is 2. The number of nitro groups is 1. The highest BCUT2D eigenvalue weighted by atomic mass is 16.7. The van der Waals surface area contributed by atoms with E-state index in [9.17, 15) is 20.0 Å². The lowest BCUT2D eigenvalue weighted by molar-refractivity contribution is -0.384. The van der Waals surface area contributed by atoms with Gasteiger partial charge in [-0.15, -0.1) is 0 Å². The van der Waals surface area contributed by atoms with E-state index in [0.29, 0.717) is 35.7 Å². The predicted molar refractivity (Wildman–Crippen MR) is 96.7 cm³/mol. The number of carboxylic acids is 1. The van der Waals surface area contributed by atoms with Crippen molar-refractivity contribution < 1.29 is 24.3 Å². The van der Waals surface area contributed by atoms with Gasteiger partial charge in [-0.05, 0) is 32.3 Å². The minimum atomic E-state index is -1.10. The highest BCUT2D eigenvalue weighted by molar-refractivity contribution is 5.90. The summed E-state index contributed by atoms with van der Waals surface area (Å²) in [6, 6.07) is 6.00. The minimum Gasteiger partial charge on any atom is -0.478 e. The molecule has 0 saturated carbocycles. The standard InChI is InChI=1S/C19H22N2O6/c1-11-16(19(22)23)17(13-6-5-7-14(10-13)21(24)25)18(12(2)20-11)27-15-8-3-4-9-26-15/h5-7,10,15,17,20H,3-4,8-9H2,1-2H3,(H,22,23)/t15?,17-/m0/s1. The van der Waals surface area contributed by atoms with Crippen LogP contribution in [-0.2, 0) is 14.3 Å². The molecular formula is C19H22N2O6. The Labute approximate surface area is 156 Å². The quantitative estimate of drug-likeness (QED) is 0.600. The molecule has 0 spiro atoms. The number of carbonyl (C=O) groups is 1. The van der Waals surface area contributed by atoms with Gasteiger partial charge in [0.2, 0.25) is 0 Å². The summed E-state index contributed by atoms with van der Waals surface area (Å²) >= 11 is 0. The molecule has 1 aromatic rings. The molecule has 3 rings (SSSR count). The topological polar surface area (TPSA) is 111 Å². The molecule has 1 saturated heterocycles. The molecule has 27 heavy (non-hydrogen) atoms. The van der Waals surface area contributed by atoms with Gasteiger partial charge in [0.05, 0.1) is 28.7 Å². The van der Waals surface area contributed by atoms with Crippen molar-refractivity contribution in [3.8, 4) is 0 Å². The van der Waals surface area contributed by atoms with Crippen molar-refractivity contribution in [2.75, 3.05) is 6.61 Å². The Bertz CT molecular complexity index is 823. The van der Waals surface area contributed by atoms with Gasteiger partial charge in [-0.3, -0.25) is 10.1 Å². The van der Waals surface area contributed by atoms with E-state index < -0.39 is 23.1 Å². The number of hydrogen-bond donors (Lipinski definition) is 2. The van der Waals surface area contributed by atoms with E-state index in [1.807, 2.05) is 0 Å². The van der Waals surface area contributed by atoms with Gasteiger partial charge in [0.1, 0.15) is 5.76 Å². The molecule has 2 heterocycles. The van der Waals surface area contributed by atoms with Gasteiger partial charge < -0.3 is 19.9 Å². The van der Waals surface area contributed by atoms with E-state index in [4.69, 9.17) is 9.47 Å². The molecule has 0 aliphatic carbocycles. The molecule has 1 unspecified atom stereocenters. The normalized spacial score (nSPS) is 23.0. The van der Waals surface area contributed by atoms with E-state index in [0.717, 1.165) is 12.8 Å². The highest BCUT2D eigenvalue weighted by Crippen LogP contribution is 2.40. The lowest BCUT2D eigenvalue weighted by Crippen LogP contribution is -2.32. The van der Waals surface area contributed by atoms with Gasteiger partial charge in [0.15, 0.2) is 6.29 Å². The van der Waals surface area contributed by atoms with Crippen molar-refractivity contribution >= 4 is 11.7 Å². The number of aliphatic carboxylic acids is 1. The van der Waals surface area contributed by atoms with Crippen LogP contribution in [0.15, 0.2) is 47.0 Å². The second-order valence-electron chi connectivity index (χ2n) is 6.66. The molecule has 1 fully saturated rings. The molecule has 2 N–H and O–H groups in total. The Morgan fingerprint density at radius 2 is 2.11 bits per heavy atom. The van der Waals surface area contributed by atoms with Crippen LogP contribution in [0.4, 0.5) is 5.69 Å². The van der Waals surface area contributed by atoms with Crippen LogP contribution in [-0.4, -0.2) is 28.9 Å². The maximum Gasteiger partial charge on any atom is 0.334 e. The molecule has 0 aromatic heterocycles. The van der Waals surface area contributed by atoms with Crippen LogP contribution in [0.2, 0.25) is 0 Å². The van der Waals surface area contributed by atoms with Gasteiger partial charge in [0, 0.05) is 24.3 Å². The average molecular weight is 374 g/mol. The monoisotopic (exact) mass is 374 g/mol. The molecule has 0 radical (unpaired) electrons. The fourth-order valence-corrected chi connectivity index (χ4v) is 3.50. The number of benzene rings is 1. The van der Waals surface area contributed by atoms with Crippen molar-refractivity contribution in [1.82, 2.24) is 5.32 Å².